The van der Waals surface area contributed by atoms with Crippen LogP contribution in [-0.4, -0.2) is 0 Å². The fraction of sp³-hybridized carbons (Fsp3) is 0.111. The maximum Gasteiger partial charge on any atom is 0.0591 e. The lowest BCUT2D eigenvalue weighted by molar-refractivity contribution is 1.46. The minimum Gasteiger partial charge on any atom is -0.0913 e. The molecule has 0 aliphatic heterocycles. The third kappa shape index (κ3) is 2.25. The molecule has 0 saturated heterocycles. The maximum atomic E-state index is 5.77. The molecule has 11 heavy (non-hydrogen) atoms. The number of benzene rings is 1. The van der Waals surface area contributed by atoms with E-state index in [0.29, 0.717) is 5.03 Å². The van der Waals surface area contributed by atoms with E-state index in [0.717, 1.165) is 5.56 Å². The van der Waals surface area contributed by atoms with Gasteiger partial charge in [0.1, 0.15) is 0 Å². The van der Waals surface area contributed by atoms with Crippen molar-refractivity contribution in [3.63, 3.8) is 0 Å². The first-order chi connectivity index (χ1) is 5.24. The molecule has 0 saturated carbocycles. The highest BCUT2D eigenvalue weighted by molar-refractivity contribution is 6.52. The summed E-state index contributed by atoms with van der Waals surface area (Å²) in [5, 5.41) is 0.576. The molecule has 0 amide bonds. The average molecular weight is 187 g/mol. The number of halogens is 2. The second kappa shape index (κ2) is 3.80. The number of hydrogen-bond donors (Lipinski definition) is 0. The molecule has 0 radical (unpaired) electrons. The first kappa shape index (κ1) is 8.63. The van der Waals surface area contributed by atoms with Crippen LogP contribution in [-0.2, 0) is 0 Å². The number of hydrogen-bond acceptors (Lipinski definition) is 0. The van der Waals surface area contributed by atoms with Gasteiger partial charge in [0.15, 0.2) is 0 Å². The highest BCUT2D eigenvalue weighted by Crippen LogP contribution is 2.19. The van der Waals surface area contributed by atoms with Gasteiger partial charge in [-0.25, -0.2) is 0 Å². The van der Waals surface area contributed by atoms with Gasteiger partial charge >= 0.3 is 0 Å². The summed E-state index contributed by atoms with van der Waals surface area (Å²) in [7, 11) is 0. The van der Waals surface area contributed by atoms with Gasteiger partial charge in [0.2, 0.25) is 0 Å². The molecule has 0 unspecified atom stereocenters. The Morgan fingerprint density at radius 3 is 2.27 bits per heavy atom. The predicted molar refractivity (Wildman–Crippen MR) is 50.9 cm³/mol. The largest absolute Gasteiger partial charge is 0.0913 e. The Balaban J connectivity index is 2.99. The minimum absolute atomic E-state index is 0.576. The zero-order valence-electron chi connectivity index (χ0n) is 6.14. The molecule has 1 aromatic carbocycles. The van der Waals surface area contributed by atoms with Crippen LogP contribution in [0.4, 0.5) is 0 Å². The van der Waals surface area contributed by atoms with Crippen LogP contribution in [0.2, 0.25) is 0 Å². The van der Waals surface area contributed by atoms with Crippen molar-refractivity contribution >= 4 is 28.2 Å². The van der Waals surface area contributed by atoms with Crippen LogP contribution >= 0.6 is 23.2 Å². The van der Waals surface area contributed by atoms with E-state index in [4.69, 9.17) is 23.2 Å². The van der Waals surface area contributed by atoms with Gasteiger partial charge in [0.25, 0.3) is 0 Å². The second-order valence-corrected chi connectivity index (χ2v) is 2.95. The van der Waals surface area contributed by atoms with Crippen LogP contribution in [0.1, 0.15) is 11.1 Å². The number of aryl methyl sites for hydroxylation is 1. The Morgan fingerprint density at radius 1 is 1.27 bits per heavy atom. The molecule has 0 spiro atoms. The van der Waals surface area contributed by atoms with Gasteiger partial charge in [-0.1, -0.05) is 53.0 Å². The summed E-state index contributed by atoms with van der Waals surface area (Å²) < 4.78 is 0. The molecule has 0 aliphatic rings. The zero-order valence-corrected chi connectivity index (χ0v) is 7.65. The predicted octanol–water partition coefficient (Wildman–Crippen LogP) is 3.77. The minimum atomic E-state index is 0.576. The summed E-state index contributed by atoms with van der Waals surface area (Å²) in [5.74, 6) is 0. The van der Waals surface area contributed by atoms with E-state index in [9.17, 15) is 0 Å². The lowest BCUT2D eigenvalue weighted by atomic mass is 10.1. The monoisotopic (exact) mass is 186 g/mol. The highest BCUT2D eigenvalue weighted by Gasteiger charge is 1.94. The van der Waals surface area contributed by atoms with E-state index < -0.39 is 0 Å². The third-order valence-corrected chi connectivity index (χ3v) is 2.08. The molecule has 0 aromatic heterocycles. The summed E-state index contributed by atoms with van der Waals surface area (Å²) in [5.41, 5.74) is 3.53. The van der Waals surface area contributed by atoms with Gasteiger partial charge in [0.05, 0.1) is 5.03 Å². The van der Waals surface area contributed by atoms with E-state index in [1.54, 1.807) is 0 Å². The van der Waals surface area contributed by atoms with Crippen LogP contribution in [0.15, 0.2) is 29.8 Å². The molecule has 0 aliphatic carbocycles. The molecule has 0 atom stereocenters. The van der Waals surface area contributed by atoms with Gasteiger partial charge in [-0.15, -0.1) is 0 Å². The van der Waals surface area contributed by atoms with Gasteiger partial charge in [0, 0.05) is 5.54 Å². The molecule has 0 nitrogen and oxygen atoms in total. The molecule has 1 aromatic rings. The fourth-order valence-electron chi connectivity index (χ4n) is 0.776. The normalized spacial score (nSPS) is 11.7. The van der Waals surface area contributed by atoms with E-state index in [2.05, 4.69) is 0 Å². The van der Waals surface area contributed by atoms with Crippen molar-refractivity contribution in [3.8, 4) is 0 Å². The molecule has 2 heteroatoms. The topological polar surface area (TPSA) is 0 Å². The van der Waals surface area contributed by atoms with Crippen LogP contribution in [0.25, 0.3) is 5.03 Å². The molecule has 0 bridgehead atoms. The van der Waals surface area contributed by atoms with Crippen molar-refractivity contribution in [1.82, 2.24) is 0 Å². The van der Waals surface area contributed by atoms with Gasteiger partial charge in [-0.2, -0.15) is 0 Å². The molecular weight excluding hydrogens is 179 g/mol. The van der Waals surface area contributed by atoms with Crippen molar-refractivity contribution in [1.29, 1.82) is 0 Å². The van der Waals surface area contributed by atoms with Crippen LogP contribution in [0.3, 0.4) is 0 Å². The standard InChI is InChI=1S/C9H8Cl2/c1-7-2-4-8(5-3-7)9(11)6-10/h2-6H,1H3. The summed E-state index contributed by atoms with van der Waals surface area (Å²) >= 11 is 11.2. The van der Waals surface area contributed by atoms with Crippen molar-refractivity contribution in [2.75, 3.05) is 0 Å². The Morgan fingerprint density at radius 2 is 1.82 bits per heavy atom. The summed E-state index contributed by atoms with van der Waals surface area (Å²) in [6, 6.07) is 7.88. The Kier molecular flexibility index (Phi) is 2.98. The van der Waals surface area contributed by atoms with Crippen LogP contribution < -0.4 is 0 Å². The lowest BCUT2D eigenvalue weighted by Crippen LogP contribution is -1.76. The van der Waals surface area contributed by atoms with Crippen molar-refractivity contribution < 1.29 is 0 Å². The van der Waals surface area contributed by atoms with Crippen molar-refractivity contribution in [2.24, 2.45) is 0 Å². The summed E-state index contributed by atoms with van der Waals surface area (Å²) in [4.78, 5) is 0. The van der Waals surface area contributed by atoms with Crippen LogP contribution in [0.5, 0.6) is 0 Å². The summed E-state index contributed by atoms with van der Waals surface area (Å²) in [6.07, 6.45) is 0. The maximum absolute atomic E-state index is 5.77. The molecule has 0 heterocycles. The zero-order chi connectivity index (χ0) is 8.27. The third-order valence-electron chi connectivity index (χ3n) is 1.42. The second-order valence-electron chi connectivity index (χ2n) is 2.32. The van der Waals surface area contributed by atoms with E-state index in [-0.39, 0.29) is 0 Å². The highest BCUT2D eigenvalue weighted by atomic mass is 35.5. The Bertz CT molecular complexity index is 259. The van der Waals surface area contributed by atoms with Gasteiger partial charge < -0.3 is 0 Å². The average Bonchev–Trinajstić information content (AvgIpc) is 2.05. The van der Waals surface area contributed by atoms with E-state index in [1.807, 2.05) is 31.2 Å². The van der Waals surface area contributed by atoms with Gasteiger partial charge in [-0.3, -0.25) is 0 Å². The molecule has 0 fully saturated rings. The molecule has 58 valence electrons. The Hall–Kier alpha value is -0.460. The van der Waals surface area contributed by atoms with E-state index in [1.165, 1.54) is 11.1 Å². The first-order valence-electron chi connectivity index (χ1n) is 3.27. The summed E-state index contributed by atoms with van der Waals surface area (Å²) in [6.45, 7) is 2.03. The quantitative estimate of drug-likeness (QED) is 0.627. The van der Waals surface area contributed by atoms with E-state index >= 15 is 0 Å². The molecule has 1 rings (SSSR count). The molecule has 0 N–H and O–H groups in total. The number of rotatable bonds is 1. The fourth-order valence-corrected chi connectivity index (χ4v) is 1.03. The van der Waals surface area contributed by atoms with Crippen molar-refractivity contribution in [3.05, 3.63) is 40.9 Å². The molecular formula is C9H8Cl2. The lowest BCUT2D eigenvalue weighted by Gasteiger charge is -1.97. The van der Waals surface area contributed by atoms with Crippen LogP contribution in [0, 0.1) is 6.92 Å². The van der Waals surface area contributed by atoms with Crippen molar-refractivity contribution in [2.45, 2.75) is 6.92 Å². The van der Waals surface area contributed by atoms with Gasteiger partial charge in [-0.05, 0) is 12.5 Å². The Labute approximate surface area is 76.4 Å². The SMILES string of the molecule is Cc1ccc(C(Cl)=CCl)cc1. The first-order valence-corrected chi connectivity index (χ1v) is 4.08. The smallest absolute Gasteiger partial charge is 0.0591 e.